The molecule has 2 heterocycles. The highest BCUT2D eigenvalue weighted by molar-refractivity contribution is 7.17. The molecule has 2 N–H and O–H groups in total. The number of rotatable bonds is 8. The van der Waals surface area contributed by atoms with Crippen LogP contribution in [0.5, 0.6) is 0 Å². The van der Waals surface area contributed by atoms with Crippen LogP contribution in [-0.4, -0.2) is 22.5 Å². The summed E-state index contributed by atoms with van der Waals surface area (Å²) in [4.78, 5) is 33.2. The van der Waals surface area contributed by atoms with E-state index in [0.717, 1.165) is 36.2 Å². The van der Waals surface area contributed by atoms with Crippen LogP contribution in [0.4, 0.5) is 5.69 Å². The van der Waals surface area contributed by atoms with Crippen LogP contribution >= 0.6 is 22.9 Å². The first kappa shape index (κ1) is 22.0. The van der Waals surface area contributed by atoms with E-state index in [0.29, 0.717) is 26.6 Å². The summed E-state index contributed by atoms with van der Waals surface area (Å²) < 4.78 is 5.45. The Labute approximate surface area is 194 Å². The van der Waals surface area contributed by atoms with Gasteiger partial charge in [0.15, 0.2) is 0 Å². The summed E-state index contributed by atoms with van der Waals surface area (Å²) in [6, 6.07) is 14.6. The van der Waals surface area contributed by atoms with Crippen molar-refractivity contribution in [3.8, 4) is 11.1 Å². The van der Waals surface area contributed by atoms with Crippen molar-refractivity contribution in [2.45, 2.75) is 26.4 Å². The number of para-hydroxylation sites is 1. The van der Waals surface area contributed by atoms with Gasteiger partial charge >= 0.3 is 5.97 Å². The minimum Gasteiger partial charge on any atom is -0.454 e. The van der Waals surface area contributed by atoms with E-state index in [2.05, 4.69) is 22.2 Å². The van der Waals surface area contributed by atoms with Crippen LogP contribution in [0.15, 0.2) is 58.7 Å². The van der Waals surface area contributed by atoms with Crippen LogP contribution in [0.25, 0.3) is 21.3 Å². The number of ether oxygens (including phenoxy) is 1. The molecule has 0 saturated heterocycles. The van der Waals surface area contributed by atoms with Gasteiger partial charge in [0.05, 0.1) is 10.9 Å². The standard InChI is InChI=1S/C24H22ClN3O3S/c1-2-3-12-26-19-11-7-5-9-16(19)24(30)31-13-20-27-22(29)21-17(14-32-23(21)28-20)15-8-4-6-10-18(15)25/h4-11,14,26H,2-3,12-13H2,1H3,(H,27,28,29). The number of nitrogens with one attached hydrogen (secondary N) is 2. The monoisotopic (exact) mass is 467 g/mol. The highest BCUT2D eigenvalue weighted by Gasteiger charge is 2.17. The average Bonchev–Trinajstić information content (AvgIpc) is 3.23. The molecule has 0 aliphatic heterocycles. The number of esters is 1. The zero-order valence-corrected chi connectivity index (χ0v) is 19.1. The van der Waals surface area contributed by atoms with E-state index in [1.807, 2.05) is 35.7 Å². The fourth-order valence-corrected chi connectivity index (χ4v) is 4.56. The van der Waals surface area contributed by atoms with Crippen molar-refractivity contribution in [1.82, 2.24) is 9.97 Å². The predicted molar refractivity (Wildman–Crippen MR) is 130 cm³/mol. The molecule has 0 saturated carbocycles. The number of aromatic nitrogens is 2. The molecule has 0 atom stereocenters. The molecule has 8 heteroatoms. The molecular formula is C24H22ClN3O3S. The summed E-state index contributed by atoms with van der Waals surface area (Å²) >= 11 is 7.65. The molecule has 0 spiro atoms. The lowest BCUT2D eigenvalue weighted by atomic mass is 10.1. The lowest BCUT2D eigenvalue weighted by Gasteiger charge is -2.11. The topological polar surface area (TPSA) is 84.1 Å². The van der Waals surface area contributed by atoms with E-state index in [-0.39, 0.29) is 12.2 Å². The molecule has 0 unspecified atom stereocenters. The number of fused-ring (bicyclic) bond motifs is 1. The molecule has 0 aliphatic rings. The maximum atomic E-state index is 12.8. The van der Waals surface area contributed by atoms with E-state index < -0.39 is 5.97 Å². The second-order valence-corrected chi connectivity index (χ2v) is 8.49. The van der Waals surface area contributed by atoms with Crippen molar-refractivity contribution < 1.29 is 9.53 Å². The van der Waals surface area contributed by atoms with E-state index >= 15 is 0 Å². The van der Waals surface area contributed by atoms with E-state index in [1.165, 1.54) is 11.3 Å². The second kappa shape index (κ2) is 9.97. The first-order valence-electron chi connectivity index (χ1n) is 10.3. The summed E-state index contributed by atoms with van der Waals surface area (Å²) in [6.07, 6.45) is 2.06. The Morgan fingerprint density at radius 3 is 2.75 bits per heavy atom. The number of H-pyrrole nitrogens is 1. The quantitative estimate of drug-likeness (QED) is 0.250. The van der Waals surface area contributed by atoms with Gasteiger partial charge in [0.25, 0.3) is 5.56 Å². The Balaban J connectivity index is 1.53. The van der Waals surface area contributed by atoms with Gasteiger partial charge in [-0.1, -0.05) is 55.3 Å². The Bertz CT molecular complexity index is 1320. The maximum Gasteiger partial charge on any atom is 0.340 e. The number of aromatic amines is 1. The average molecular weight is 468 g/mol. The van der Waals surface area contributed by atoms with Crippen molar-refractivity contribution in [3.05, 3.63) is 80.7 Å². The molecule has 164 valence electrons. The van der Waals surface area contributed by atoms with Crippen molar-refractivity contribution >= 4 is 44.8 Å². The highest BCUT2D eigenvalue weighted by atomic mass is 35.5. The normalized spacial score (nSPS) is 10.9. The number of carbonyl (C=O) groups is 1. The number of anilines is 1. The Hall–Kier alpha value is -3.16. The smallest absolute Gasteiger partial charge is 0.340 e. The third kappa shape index (κ3) is 4.69. The number of carbonyl (C=O) groups excluding carboxylic acids is 1. The first-order chi connectivity index (χ1) is 15.6. The summed E-state index contributed by atoms with van der Waals surface area (Å²) in [7, 11) is 0. The number of hydrogen-bond donors (Lipinski definition) is 2. The maximum absolute atomic E-state index is 12.8. The number of nitrogens with zero attached hydrogens (tertiary/aromatic N) is 1. The summed E-state index contributed by atoms with van der Waals surface area (Å²) in [5.74, 6) is -0.185. The minimum absolute atomic E-state index is 0.132. The Morgan fingerprint density at radius 1 is 1.16 bits per heavy atom. The fourth-order valence-electron chi connectivity index (χ4n) is 3.37. The van der Waals surface area contributed by atoms with Gasteiger partial charge < -0.3 is 15.0 Å². The molecule has 0 bridgehead atoms. The van der Waals surface area contributed by atoms with E-state index in [1.54, 1.807) is 18.2 Å². The van der Waals surface area contributed by atoms with Gasteiger partial charge in [-0.05, 0) is 24.6 Å². The molecular weight excluding hydrogens is 446 g/mol. The number of benzene rings is 2. The molecule has 4 rings (SSSR count). The van der Waals surface area contributed by atoms with Gasteiger partial charge in [-0.15, -0.1) is 11.3 Å². The van der Waals surface area contributed by atoms with E-state index in [4.69, 9.17) is 16.3 Å². The summed E-state index contributed by atoms with van der Waals surface area (Å²) in [6.45, 7) is 2.75. The third-order valence-electron chi connectivity index (χ3n) is 4.99. The molecule has 2 aromatic carbocycles. The van der Waals surface area contributed by atoms with Gasteiger partial charge in [0, 0.05) is 33.8 Å². The molecule has 32 heavy (non-hydrogen) atoms. The third-order valence-corrected chi connectivity index (χ3v) is 6.19. The minimum atomic E-state index is -0.477. The van der Waals surface area contributed by atoms with Crippen LogP contribution in [0.2, 0.25) is 5.02 Å². The lowest BCUT2D eigenvalue weighted by Crippen LogP contribution is -2.15. The number of hydrogen-bond acceptors (Lipinski definition) is 6. The van der Waals surface area contributed by atoms with Crippen molar-refractivity contribution in [2.75, 3.05) is 11.9 Å². The largest absolute Gasteiger partial charge is 0.454 e. The summed E-state index contributed by atoms with van der Waals surface area (Å²) in [5, 5.41) is 6.17. The zero-order chi connectivity index (χ0) is 22.5. The summed E-state index contributed by atoms with van der Waals surface area (Å²) in [5.41, 5.74) is 2.40. The van der Waals surface area contributed by atoms with Gasteiger partial charge in [-0.3, -0.25) is 4.79 Å². The molecule has 0 fully saturated rings. The van der Waals surface area contributed by atoms with Crippen LogP contribution in [-0.2, 0) is 11.3 Å². The molecule has 0 radical (unpaired) electrons. The Kier molecular flexibility index (Phi) is 6.87. The van der Waals surface area contributed by atoms with Crippen molar-refractivity contribution in [2.24, 2.45) is 0 Å². The molecule has 0 amide bonds. The van der Waals surface area contributed by atoms with Crippen molar-refractivity contribution in [1.29, 1.82) is 0 Å². The van der Waals surface area contributed by atoms with Crippen LogP contribution in [0, 0.1) is 0 Å². The lowest BCUT2D eigenvalue weighted by molar-refractivity contribution is 0.0463. The number of halogens is 1. The molecule has 4 aromatic rings. The first-order valence-corrected chi connectivity index (χ1v) is 11.6. The van der Waals surface area contributed by atoms with Gasteiger partial charge in [0.2, 0.25) is 0 Å². The van der Waals surface area contributed by atoms with Crippen molar-refractivity contribution in [3.63, 3.8) is 0 Å². The molecule has 2 aromatic heterocycles. The van der Waals surface area contributed by atoms with Crippen LogP contribution in [0.3, 0.4) is 0 Å². The van der Waals surface area contributed by atoms with Gasteiger partial charge in [-0.25, -0.2) is 9.78 Å². The number of unbranched alkanes of at least 4 members (excludes halogenated alkanes) is 1. The van der Waals surface area contributed by atoms with E-state index in [9.17, 15) is 9.59 Å². The fraction of sp³-hybridized carbons (Fsp3) is 0.208. The van der Waals surface area contributed by atoms with Gasteiger partial charge in [-0.2, -0.15) is 0 Å². The second-order valence-electron chi connectivity index (χ2n) is 7.22. The number of thiophene rings is 1. The Morgan fingerprint density at radius 2 is 1.94 bits per heavy atom. The van der Waals surface area contributed by atoms with Gasteiger partial charge in [0.1, 0.15) is 17.3 Å². The van der Waals surface area contributed by atoms with Crippen LogP contribution < -0.4 is 10.9 Å². The SMILES string of the molecule is CCCCNc1ccccc1C(=O)OCc1nc2scc(-c3ccccc3Cl)c2c(=O)[nH]1. The highest BCUT2D eigenvalue weighted by Crippen LogP contribution is 2.34. The zero-order valence-electron chi connectivity index (χ0n) is 17.5. The predicted octanol–water partition coefficient (Wildman–Crippen LogP) is 5.87. The van der Waals surface area contributed by atoms with Crippen LogP contribution in [0.1, 0.15) is 35.9 Å². The molecule has 6 nitrogen and oxygen atoms in total. The molecule has 0 aliphatic carbocycles.